The van der Waals surface area contributed by atoms with Crippen LogP contribution in [-0.2, 0) is 4.74 Å². The largest absolute Gasteiger partial charge is 0.373 e. The first-order chi connectivity index (χ1) is 6.49. The Morgan fingerprint density at radius 2 is 1.79 bits per heavy atom. The van der Waals surface area contributed by atoms with Gasteiger partial charge in [0.15, 0.2) is 0 Å². The van der Waals surface area contributed by atoms with E-state index in [4.69, 9.17) is 10.5 Å². The summed E-state index contributed by atoms with van der Waals surface area (Å²) in [6.07, 6.45) is 0.691. The summed E-state index contributed by atoms with van der Waals surface area (Å²) in [7, 11) is 0. The Morgan fingerprint density at radius 3 is 2.21 bits per heavy atom. The Hall–Kier alpha value is -0.120. The lowest BCUT2D eigenvalue weighted by molar-refractivity contribution is -0.0699. The van der Waals surface area contributed by atoms with E-state index in [9.17, 15) is 0 Å². The summed E-state index contributed by atoms with van der Waals surface area (Å²) in [6.45, 7) is 11.6. The second kappa shape index (κ2) is 5.10. The number of nitrogens with two attached hydrogens (primary N) is 1. The maximum atomic E-state index is 6.06. The first-order valence-corrected chi connectivity index (χ1v) is 5.62. The fraction of sp³-hybridized carbons (Fsp3) is 1.00. The summed E-state index contributed by atoms with van der Waals surface area (Å²) in [4.78, 5) is 2.42. The molecule has 3 atom stereocenters. The van der Waals surface area contributed by atoms with Gasteiger partial charge in [-0.15, -0.1) is 0 Å². The average Bonchev–Trinajstić information content (AvgIpc) is 2.01. The van der Waals surface area contributed by atoms with Gasteiger partial charge in [0.2, 0.25) is 0 Å². The van der Waals surface area contributed by atoms with Crippen LogP contribution in [0.4, 0.5) is 0 Å². The molecule has 0 bridgehead atoms. The monoisotopic (exact) mass is 200 g/mol. The molecule has 1 fully saturated rings. The third-order valence-corrected chi connectivity index (χ3v) is 2.82. The van der Waals surface area contributed by atoms with Crippen LogP contribution in [0, 0.1) is 5.92 Å². The molecular weight excluding hydrogens is 176 g/mol. The van der Waals surface area contributed by atoms with E-state index in [0.717, 1.165) is 19.6 Å². The minimum absolute atomic E-state index is 0.285. The number of nitrogens with zero attached hydrogens (tertiary/aromatic N) is 1. The van der Waals surface area contributed by atoms with E-state index in [0.29, 0.717) is 18.1 Å². The Labute approximate surface area is 87.6 Å². The van der Waals surface area contributed by atoms with Crippen molar-refractivity contribution in [2.75, 3.05) is 19.6 Å². The van der Waals surface area contributed by atoms with Crippen LogP contribution in [0.2, 0.25) is 0 Å². The number of hydrogen-bond donors (Lipinski definition) is 1. The van der Waals surface area contributed by atoms with Crippen molar-refractivity contribution in [3.63, 3.8) is 0 Å². The van der Waals surface area contributed by atoms with Gasteiger partial charge in [-0.25, -0.2) is 0 Å². The lowest BCUT2D eigenvalue weighted by Crippen LogP contribution is -2.50. The summed E-state index contributed by atoms with van der Waals surface area (Å²) in [6, 6.07) is 0.285. The first kappa shape index (κ1) is 12.0. The lowest BCUT2D eigenvalue weighted by atomic mass is 10.0. The topological polar surface area (TPSA) is 38.5 Å². The second-order valence-corrected chi connectivity index (χ2v) is 4.88. The zero-order valence-electron chi connectivity index (χ0n) is 9.86. The molecule has 84 valence electrons. The molecular formula is C11H24N2O. The van der Waals surface area contributed by atoms with Crippen LogP contribution in [-0.4, -0.2) is 42.8 Å². The zero-order valence-corrected chi connectivity index (χ0v) is 9.86. The van der Waals surface area contributed by atoms with Crippen molar-refractivity contribution in [3.8, 4) is 0 Å². The predicted octanol–water partition coefficient (Wildman–Crippen LogP) is 1.08. The van der Waals surface area contributed by atoms with Crippen molar-refractivity contribution in [1.29, 1.82) is 0 Å². The van der Waals surface area contributed by atoms with Gasteiger partial charge in [-0.3, -0.25) is 4.90 Å². The Bertz CT molecular complexity index is 163. The van der Waals surface area contributed by atoms with Gasteiger partial charge < -0.3 is 10.5 Å². The summed E-state index contributed by atoms with van der Waals surface area (Å²) >= 11 is 0. The molecule has 1 aliphatic rings. The molecule has 0 aliphatic carbocycles. The SMILES string of the molecule is CC(C)[C@H](N)CN1C[C@@H](C)O[C@@H](C)C1. The van der Waals surface area contributed by atoms with E-state index >= 15 is 0 Å². The lowest BCUT2D eigenvalue weighted by Gasteiger charge is -2.37. The fourth-order valence-electron chi connectivity index (χ4n) is 1.94. The molecule has 0 unspecified atom stereocenters. The minimum Gasteiger partial charge on any atom is -0.373 e. The number of rotatable bonds is 3. The molecule has 0 radical (unpaired) electrons. The Morgan fingerprint density at radius 1 is 1.29 bits per heavy atom. The molecule has 0 aromatic carbocycles. The highest BCUT2D eigenvalue weighted by Gasteiger charge is 2.23. The molecule has 0 amide bonds. The molecule has 2 N–H and O–H groups in total. The van der Waals surface area contributed by atoms with Crippen molar-refractivity contribution in [3.05, 3.63) is 0 Å². The van der Waals surface area contributed by atoms with Gasteiger partial charge in [-0.2, -0.15) is 0 Å². The van der Waals surface area contributed by atoms with Crippen LogP contribution < -0.4 is 5.73 Å². The molecule has 0 saturated carbocycles. The highest BCUT2D eigenvalue weighted by Crippen LogP contribution is 2.12. The highest BCUT2D eigenvalue weighted by molar-refractivity contribution is 4.78. The van der Waals surface area contributed by atoms with Gasteiger partial charge in [0.1, 0.15) is 0 Å². The van der Waals surface area contributed by atoms with E-state index in [1.807, 2.05) is 0 Å². The quantitative estimate of drug-likeness (QED) is 0.741. The van der Waals surface area contributed by atoms with Crippen molar-refractivity contribution in [2.24, 2.45) is 11.7 Å². The van der Waals surface area contributed by atoms with E-state index in [1.165, 1.54) is 0 Å². The molecule has 1 saturated heterocycles. The number of ether oxygens (including phenoxy) is 1. The zero-order chi connectivity index (χ0) is 10.7. The van der Waals surface area contributed by atoms with E-state index < -0.39 is 0 Å². The van der Waals surface area contributed by atoms with E-state index in [2.05, 4.69) is 32.6 Å². The van der Waals surface area contributed by atoms with Crippen LogP contribution >= 0.6 is 0 Å². The second-order valence-electron chi connectivity index (χ2n) is 4.88. The third-order valence-electron chi connectivity index (χ3n) is 2.82. The van der Waals surface area contributed by atoms with Gasteiger partial charge in [-0.05, 0) is 19.8 Å². The van der Waals surface area contributed by atoms with E-state index in [-0.39, 0.29) is 6.04 Å². The molecule has 0 aromatic rings. The molecule has 0 aromatic heterocycles. The molecule has 1 heterocycles. The van der Waals surface area contributed by atoms with Gasteiger partial charge in [0.25, 0.3) is 0 Å². The van der Waals surface area contributed by atoms with Crippen LogP contribution in [0.3, 0.4) is 0 Å². The minimum atomic E-state index is 0.285. The normalized spacial score (nSPS) is 32.1. The number of morpholine rings is 1. The summed E-state index contributed by atoms with van der Waals surface area (Å²) in [5.41, 5.74) is 6.06. The fourth-order valence-corrected chi connectivity index (χ4v) is 1.94. The van der Waals surface area contributed by atoms with Gasteiger partial charge >= 0.3 is 0 Å². The van der Waals surface area contributed by atoms with Gasteiger partial charge in [0.05, 0.1) is 12.2 Å². The molecule has 0 spiro atoms. The molecule has 14 heavy (non-hydrogen) atoms. The Kier molecular flexibility index (Phi) is 4.35. The van der Waals surface area contributed by atoms with Crippen molar-refractivity contribution < 1.29 is 4.74 Å². The first-order valence-electron chi connectivity index (χ1n) is 5.62. The molecule has 3 nitrogen and oxygen atoms in total. The summed E-state index contributed by atoms with van der Waals surface area (Å²) in [5.74, 6) is 0.559. The third kappa shape index (κ3) is 3.56. The van der Waals surface area contributed by atoms with Crippen molar-refractivity contribution in [1.82, 2.24) is 4.90 Å². The van der Waals surface area contributed by atoms with Crippen molar-refractivity contribution in [2.45, 2.75) is 45.9 Å². The molecule has 3 heteroatoms. The maximum Gasteiger partial charge on any atom is 0.0678 e. The van der Waals surface area contributed by atoms with Gasteiger partial charge in [0, 0.05) is 25.7 Å². The van der Waals surface area contributed by atoms with Crippen LogP contribution in [0.15, 0.2) is 0 Å². The van der Waals surface area contributed by atoms with E-state index in [1.54, 1.807) is 0 Å². The van der Waals surface area contributed by atoms with Crippen LogP contribution in [0.25, 0.3) is 0 Å². The molecule has 1 aliphatic heterocycles. The summed E-state index contributed by atoms with van der Waals surface area (Å²) < 4.78 is 5.68. The smallest absolute Gasteiger partial charge is 0.0678 e. The summed E-state index contributed by atoms with van der Waals surface area (Å²) in [5, 5.41) is 0. The number of hydrogen-bond acceptors (Lipinski definition) is 3. The van der Waals surface area contributed by atoms with Crippen LogP contribution in [0.1, 0.15) is 27.7 Å². The van der Waals surface area contributed by atoms with Crippen LogP contribution in [0.5, 0.6) is 0 Å². The average molecular weight is 200 g/mol. The Balaban J connectivity index is 2.36. The standard InChI is InChI=1S/C11H24N2O/c1-8(2)11(12)7-13-5-9(3)14-10(4)6-13/h8-11H,5-7,12H2,1-4H3/t9-,10+,11-/m1/s1. The highest BCUT2D eigenvalue weighted by atomic mass is 16.5. The van der Waals surface area contributed by atoms with Crippen molar-refractivity contribution >= 4 is 0 Å². The maximum absolute atomic E-state index is 6.06. The van der Waals surface area contributed by atoms with Gasteiger partial charge in [-0.1, -0.05) is 13.8 Å². The predicted molar refractivity (Wildman–Crippen MR) is 59.3 cm³/mol. The molecule has 1 rings (SSSR count).